The number of hydrogen-bond donors (Lipinski definition) is 6. The SMILES string of the molecule is CC.CC.CC(C)(C)S(N)=O.CCO.CCO.CCO.CCO.COC1CCC2(CC1)Cc1ccc(Br)cc1C21N=C(N)c2ccccc21.COC1CCC2(CC1)Cc1ccc(Br)cc1C2=NS(=O)C(C)(C)C.COC1CCC2(CC1)Cc1ccc(Br)cc1C2=O.N#Cc1ccccc1I.[Ti]. The van der Waals surface area contributed by atoms with Crippen LogP contribution in [0.4, 0.5) is 0 Å². The number of carbonyl (C=O) groups is 1. The molecule has 3 atom stereocenters. The minimum atomic E-state index is -1.24. The van der Waals surface area contributed by atoms with Gasteiger partial charge in [0.05, 0.1) is 50.1 Å². The van der Waals surface area contributed by atoms with Gasteiger partial charge in [-0.05, 0) is 264 Å². The van der Waals surface area contributed by atoms with Crippen molar-refractivity contribution in [2.45, 2.75) is 227 Å². The predicted octanol–water partition coefficient (Wildman–Crippen LogP) is 17.8. The summed E-state index contributed by atoms with van der Waals surface area (Å²) in [5.41, 5.74) is 17.7. The summed E-state index contributed by atoms with van der Waals surface area (Å²) >= 11 is 12.9. The van der Waals surface area contributed by atoms with Crippen LogP contribution in [0, 0.1) is 31.1 Å². The molecule has 22 heteroatoms. The molecule has 3 saturated carbocycles. The zero-order chi connectivity index (χ0) is 75.8. The van der Waals surface area contributed by atoms with E-state index >= 15 is 0 Å². The van der Waals surface area contributed by atoms with Gasteiger partial charge in [0, 0.05) is 119 Å². The molecule has 0 amide bonds. The molecule has 3 unspecified atom stereocenters. The van der Waals surface area contributed by atoms with Gasteiger partial charge in [0.25, 0.3) is 0 Å². The van der Waals surface area contributed by atoms with Crippen LogP contribution >= 0.6 is 70.4 Å². The molecule has 0 saturated heterocycles. The van der Waals surface area contributed by atoms with E-state index in [1.165, 1.54) is 33.4 Å². The zero-order valence-electron chi connectivity index (χ0n) is 63.0. The first-order valence-electron chi connectivity index (χ1n) is 35.1. The van der Waals surface area contributed by atoms with Crippen molar-refractivity contribution in [1.29, 1.82) is 5.26 Å². The number of aliphatic imine (C=N–C) groups is 1. The molecule has 0 bridgehead atoms. The predicted molar refractivity (Wildman–Crippen MR) is 435 cm³/mol. The first kappa shape index (κ1) is 96.3. The molecule has 5 aromatic rings. The standard InChI is InChI=1S/C22H23BrN2O.C19H26BrNO2S.C15H17BrO2.C7H4IN.C4H11NOS.4C2H6O.2C2H6.Ti/c1-26-16-8-10-21(11-9-16)13-14-6-7-15(23)12-19(14)22(21)18-5-3-2-4-17(18)20(24)25-22;1-18(2,3)24(22)21-17-16-11-14(20)6-5-13(16)12-19(17)9-7-15(23-4)8-10-19;1-18-12-4-6-15(7-5-12)9-10-2-3-11(16)8-13(10)14(15)17;8-7-4-2-1-3-6(7)5-9;1-4(2,3)7(5)6;4*1-2-3;2*1-2;/h2-7,12,16H,8-11,13H2,1H3,(H2,24,25);5-6,11,15H,7-10,12H2,1-4H3;2-3,8,12H,4-7,9H2,1H3;1-4H;5H2,1-3H3;4*3H,2H2,1H3;2*1-2H3;. The Hall–Kier alpha value is -2.74. The van der Waals surface area contributed by atoms with Crippen molar-refractivity contribution in [2.75, 3.05) is 47.8 Å². The van der Waals surface area contributed by atoms with Crippen molar-refractivity contribution >= 4 is 110 Å². The number of carbonyl (C=O) groups excluding carboxylic acids is 1. The van der Waals surface area contributed by atoms with E-state index in [-0.39, 0.29) is 79.4 Å². The van der Waals surface area contributed by atoms with E-state index in [4.69, 9.17) is 60.2 Å². The monoisotopic (exact) mass is 1770 g/mol. The van der Waals surface area contributed by atoms with E-state index in [9.17, 15) is 13.2 Å². The number of aliphatic hydroxyl groups excluding tert-OH is 4. The van der Waals surface area contributed by atoms with Crippen molar-refractivity contribution in [3.63, 3.8) is 0 Å². The maximum Gasteiger partial charge on any atom is 0.169 e. The Labute approximate surface area is 665 Å². The van der Waals surface area contributed by atoms with Crippen LogP contribution in [-0.4, -0.2) is 122 Å². The summed E-state index contributed by atoms with van der Waals surface area (Å²) in [6.07, 6.45) is 16.6. The number of nitrogens with two attached hydrogens (primary N) is 2. The molecule has 1 heterocycles. The van der Waals surface area contributed by atoms with Gasteiger partial charge in [-0.25, -0.2) is 8.42 Å². The van der Waals surface area contributed by atoms with Crippen LogP contribution in [-0.2, 0) is 82.7 Å². The Morgan fingerprint density at radius 3 is 1.40 bits per heavy atom. The smallest absolute Gasteiger partial charge is 0.169 e. The normalized spacial score (nSPS) is 23.5. The molecule has 562 valence electrons. The second kappa shape index (κ2) is 47.1. The summed E-state index contributed by atoms with van der Waals surface area (Å²) in [4.78, 5) is 17.9. The number of halogens is 4. The van der Waals surface area contributed by atoms with Crippen LogP contribution < -0.4 is 10.9 Å². The van der Waals surface area contributed by atoms with Crippen LogP contribution in [0.5, 0.6) is 0 Å². The third-order valence-electron chi connectivity index (χ3n) is 18.3. The Morgan fingerprint density at radius 1 is 0.584 bits per heavy atom. The summed E-state index contributed by atoms with van der Waals surface area (Å²) in [5.74, 6) is 1.04. The van der Waals surface area contributed by atoms with E-state index in [1.54, 1.807) is 41.9 Å². The number of nitriles is 1. The van der Waals surface area contributed by atoms with Crippen molar-refractivity contribution < 1.29 is 69.6 Å². The van der Waals surface area contributed by atoms with E-state index in [0.717, 1.165) is 136 Å². The minimum absolute atomic E-state index is 0. The first-order valence-corrected chi connectivity index (χ1v) is 40.9. The molecule has 6 aliphatic carbocycles. The summed E-state index contributed by atoms with van der Waals surface area (Å²) in [6.45, 7) is 27.2. The number of ketones is 1. The molecular weight excluding hydrogens is 1660 g/mol. The first-order chi connectivity index (χ1) is 47.4. The Balaban J connectivity index is 0.000000627. The average molecular weight is 1780 g/mol. The zero-order valence-corrected chi connectivity index (χ0v) is 73.2. The molecule has 7 aliphatic rings. The second-order valence-electron chi connectivity index (χ2n) is 26.7. The minimum Gasteiger partial charge on any atom is -0.397 e. The summed E-state index contributed by atoms with van der Waals surface area (Å²) in [6, 6.07) is 37.4. The molecule has 15 nitrogen and oxygen atoms in total. The molecule has 12 rings (SSSR count). The number of benzene rings is 5. The Bertz CT molecular complexity index is 3460. The van der Waals surface area contributed by atoms with E-state index in [1.807, 2.05) is 113 Å². The third kappa shape index (κ3) is 26.3. The van der Waals surface area contributed by atoms with Gasteiger partial charge in [0.15, 0.2) is 5.78 Å². The van der Waals surface area contributed by atoms with Crippen molar-refractivity contribution in [2.24, 2.45) is 36.5 Å². The maximum atomic E-state index is 12.7. The van der Waals surface area contributed by atoms with Gasteiger partial charge in [-0.2, -0.15) is 9.66 Å². The van der Waals surface area contributed by atoms with Gasteiger partial charge in [0.2, 0.25) is 0 Å². The van der Waals surface area contributed by atoms with Crippen LogP contribution in [0.2, 0.25) is 0 Å². The fourth-order valence-corrected chi connectivity index (χ4v) is 15.8. The molecule has 0 aromatic heterocycles. The average Bonchev–Trinajstić information content (AvgIpc) is 1.52. The van der Waals surface area contributed by atoms with Crippen LogP contribution in [0.3, 0.4) is 0 Å². The largest absolute Gasteiger partial charge is 0.397 e. The number of nitrogens with zero attached hydrogens (tertiary/aromatic N) is 3. The molecule has 4 spiro atoms. The van der Waals surface area contributed by atoms with E-state index < -0.39 is 22.0 Å². The maximum absolute atomic E-state index is 12.7. The summed E-state index contributed by atoms with van der Waals surface area (Å²) in [5, 5.41) is 43.8. The quantitative estimate of drug-likeness (QED) is 0.0725. The fraction of sp³-hybridized carbons (Fsp3) is 0.570. The van der Waals surface area contributed by atoms with Crippen LogP contribution in [0.15, 0.2) is 126 Å². The fourth-order valence-electron chi connectivity index (χ4n) is 13.5. The van der Waals surface area contributed by atoms with Gasteiger partial charge < -0.3 is 40.4 Å². The van der Waals surface area contributed by atoms with Gasteiger partial charge in [0.1, 0.15) is 28.4 Å². The number of fused-ring (bicyclic) bond motifs is 7. The molecule has 101 heavy (non-hydrogen) atoms. The van der Waals surface area contributed by atoms with E-state index in [0.29, 0.717) is 29.9 Å². The number of methoxy groups -OCH3 is 3. The Morgan fingerprint density at radius 2 is 0.970 bits per heavy atom. The number of aliphatic hydroxyl groups is 4. The summed E-state index contributed by atoms with van der Waals surface area (Å²) < 4.78 is 48.1. The van der Waals surface area contributed by atoms with Gasteiger partial charge in [-0.15, -0.1) is 0 Å². The Kier molecular flexibility index (Phi) is 44.9. The van der Waals surface area contributed by atoms with Crippen LogP contribution in [0.25, 0.3) is 0 Å². The van der Waals surface area contributed by atoms with E-state index in [2.05, 4.69) is 143 Å². The second-order valence-corrected chi connectivity index (χ2v) is 34.4. The number of amidine groups is 1. The van der Waals surface area contributed by atoms with Gasteiger partial charge in [-0.1, -0.05) is 130 Å². The van der Waals surface area contributed by atoms with Crippen LogP contribution in [0.1, 0.15) is 229 Å². The summed E-state index contributed by atoms with van der Waals surface area (Å²) in [7, 11) is 2.98. The topological polar surface area (TPSA) is 260 Å². The molecule has 3 fully saturated rings. The molecule has 1 aliphatic heterocycles. The van der Waals surface area contributed by atoms with Crippen molar-refractivity contribution in [3.8, 4) is 6.07 Å². The molecule has 0 radical (unpaired) electrons. The molecule has 5 aromatic carbocycles. The third-order valence-corrected chi connectivity index (χ3v) is 23.3. The van der Waals surface area contributed by atoms with Gasteiger partial charge in [-0.3, -0.25) is 14.9 Å². The molecular formula is C79H117Br3IN5O10S2Ti. The number of rotatable bonds is 4. The number of Topliss-reactive ketones (excluding diaryl/α,β-unsaturated/α-hetero) is 1. The van der Waals surface area contributed by atoms with Crippen molar-refractivity contribution in [1.82, 2.24) is 0 Å². The van der Waals surface area contributed by atoms with Crippen molar-refractivity contribution in [3.05, 3.63) is 170 Å². The number of ether oxygens (including phenoxy) is 3. The number of hydrogen-bond acceptors (Lipinski definition) is 13. The molecule has 8 N–H and O–H groups in total. The van der Waals surface area contributed by atoms with Gasteiger partial charge >= 0.3 is 0 Å².